The fraction of sp³-hybridized carbons (Fsp3) is 0. The largest absolute Gasteiger partial charge is 0.376 e. The average Bonchev–Trinajstić information content (AvgIpc) is 2.73. The molecule has 0 saturated carbocycles. The molecular weight excluding hydrogens is 242 g/mol. The predicted molar refractivity (Wildman–Crippen MR) is 71.2 cm³/mol. The maximum atomic E-state index is 6.01. The summed E-state index contributed by atoms with van der Waals surface area (Å²) in [4.78, 5) is 0. The minimum absolute atomic E-state index is 0.201. The molecule has 0 radical (unpaired) electrons. The molecule has 3 nitrogen and oxygen atoms in total. The van der Waals surface area contributed by atoms with Crippen LogP contribution in [0.4, 0.5) is 5.69 Å². The second-order valence-corrected chi connectivity index (χ2v) is 4.09. The molecule has 1 aromatic heterocycles. The molecule has 2 aromatic rings. The highest BCUT2D eigenvalue weighted by atomic mass is 35.5. The fourth-order valence-electron chi connectivity index (χ4n) is 1.41. The number of hydrogen-bond donors (Lipinski definition) is 2. The van der Waals surface area contributed by atoms with Crippen LogP contribution in [0.2, 0.25) is 5.02 Å². The summed E-state index contributed by atoms with van der Waals surface area (Å²) in [5.74, 6) is 0. The summed E-state index contributed by atoms with van der Waals surface area (Å²) >= 11 is 10.8. The number of nitrogens with two attached hydrogens (primary N) is 1. The third-order valence-corrected chi connectivity index (χ3v) is 2.54. The third-order valence-electron chi connectivity index (χ3n) is 2.11. The van der Waals surface area contributed by atoms with Gasteiger partial charge in [0.2, 0.25) is 0 Å². The number of aromatic nitrogens is 1. The van der Waals surface area contributed by atoms with Crippen molar-refractivity contribution in [2.45, 2.75) is 0 Å². The SMILES string of the molecule is NC(=S)Nc1cc(-n2cccc2)ccc1Cl. The number of nitrogens with one attached hydrogen (secondary N) is 1. The maximum Gasteiger partial charge on any atom is 0.168 e. The van der Waals surface area contributed by atoms with Crippen LogP contribution >= 0.6 is 23.8 Å². The lowest BCUT2D eigenvalue weighted by Gasteiger charge is -2.09. The van der Waals surface area contributed by atoms with Gasteiger partial charge < -0.3 is 15.6 Å². The van der Waals surface area contributed by atoms with E-state index in [9.17, 15) is 0 Å². The summed E-state index contributed by atoms with van der Waals surface area (Å²) in [5, 5.41) is 3.63. The van der Waals surface area contributed by atoms with Crippen molar-refractivity contribution in [3.05, 3.63) is 47.7 Å². The lowest BCUT2D eigenvalue weighted by Crippen LogP contribution is -2.19. The Hall–Kier alpha value is -1.52. The number of rotatable bonds is 2. The Balaban J connectivity index is 2.39. The van der Waals surface area contributed by atoms with Crippen molar-refractivity contribution in [3.63, 3.8) is 0 Å². The van der Waals surface area contributed by atoms with E-state index in [0.29, 0.717) is 10.7 Å². The van der Waals surface area contributed by atoms with Gasteiger partial charge in [-0.2, -0.15) is 0 Å². The quantitative estimate of drug-likeness (QED) is 0.807. The summed E-state index contributed by atoms with van der Waals surface area (Å²) < 4.78 is 1.97. The van der Waals surface area contributed by atoms with Crippen LogP contribution in [0.3, 0.4) is 0 Å². The number of hydrogen-bond acceptors (Lipinski definition) is 1. The summed E-state index contributed by atoms with van der Waals surface area (Å²) in [5.41, 5.74) is 7.12. The number of halogens is 1. The van der Waals surface area contributed by atoms with Gasteiger partial charge in [-0.15, -0.1) is 0 Å². The van der Waals surface area contributed by atoms with Crippen molar-refractivity contribution in [2.75, 3.05) is 5.32 Å². The molecule has 0 bridgehead atoms. The molecule has 0 aliphatic heterocycles. The van der Waals surface area contributed by atoms with E-state index >= 15 is 0 Å². The number of anilines is 1. The maximum absolute atomic E-state index is 6.01. The Morgan fingerprint density at radius 2 is 2.00 bits per heavy atom. The number of thiocarbonyl (C=S) groups is 1. The molecule has 0 aliphatic rings. The van der Waals surface area contributed by atoms with Crippen LogP contribution in [0.1, 0.15) is 0 Å². The minimum Gasteiger partial charge on any atom is -0.376 e. The molecule has 5 heteroatoms. The van der Waals surface area contributed by atoms with Crippen LogP contribution in [-0.4, -0.2) is 9.68 Å². The van der Waals surface area contributed by atoms with Gasteiger partial charge in [0.25, 0.3) is 0 Å². The molecule has 82 valence electrons. The smallest absolute Gasteiger partial charge is 0.168 e. The summed E-state index contributed by atoms with van der Waals surface area (Å²) in [6.07, 6.45) is 3.90. The van der Waals surface area contributed by atoms with Crippen molar-refractivity contribution in [1.29, 1.82) is 0 Å². The zero-order valence-electron chi connectivity index (χ0n) is 8.35. The van der Waals surface area contributed by atoms with Gasteiger partial charge in [-0.3, -0.25) is 0 Å². The van der Waals surface area contributed by atoms with Gasteiger partial charge in [-0.25, -0.2) is 0 Å². The molecule has 2 rings (SSSR count). The molecule has 1 heterocycles. The molecule has 0 atom stereocenters. The van der Waals surface area contributed by atoms with Gasteiger partial charge in [0.1, 0.15) is 0 Å². The Labute approximate surface area is 104 Å². The molecule has 3 N–H and O–H groups in total. The predicted octanol–water partition coefficient (Wildman–Crippen LogP) is 2.79. The van der Waals surface area contributed by atoms with E-state index in [2.05, 4.69) is 5.32 Å². The summed E-state index contributed by atoms with van der Waals surface area (Å²) in [7, 11) is 0. The molecule has 0 amide bonds. The Morgan fingerprint density at radius 1 is 1.31 bits per heavy atom. The van der Waals surface area contributed by atoms with E-state index in [4.69, 9.17) is 29.6 Å². The number of benzene rings is 1. The van der Waals surface area contributed by atoms with Gasteiger partial charge in [-0.1, -0.05) is 11.6 Å². The Kier molecular flexibility index (Phi) is 3.12. The fourth-order valence-corrected chi connectivity index (χ4v) is 1.68. The van der Waals surface area contributed by atoms with Crippen molar-refractivity contribution in [2.24, 2.45) is 5.73 Å². The van der Waals surface area contributed by atoms with Crippen LogP contribution in [0.5, 0.6) is 0 Å². The molecule has 0 saturated heterocycles. The van der Waals surface area contributed by atoms with Crippen LogP contribution in [-0.2, 0) is 0 Å². The highest BCUT2D eigenvalue weighted by Gasteiger charge is 2.03. The van der Waals surface area contributed by atoms with Crippen molar-refractivity contribution in [3.8, 4) is 5.69 Å². The van der Waals surface area contributed by atoms with Gasteiger partial charge in [0, 0.05) is 18.1 Å². The monoisotopic (exact) mass is 251 g/mol. The van der Waals surface area contributed by atoms with Crippen LogP contribution in [0.25, 0.3) is 5.69 Å². The molecule has 0 fully saturated rings. The zero-order valence-corrected chi connectivity index (χ0v) is 9.92. The van der Waals surface area contributed by atoms with Crippen molar-refractivity contribution in [1.82, 2.24) is 4.57 Å². The molecular formula is C11H10ClN3S. The van der Waals surface area contributed by atoms with E-state index in [1.807, 2.05) is 41.2 Å². The second-order valence-electron chi connectivity index (χ2n) is 3.24. The first-order chi connectivity index (χ1) is 7.66. The van der Waals surface area contributed by atoms with Crippen LogP contribution < -0.4 is 11.1 Å². The highest BCUT2D eigenvalue weighted by Crippen LogP contribution is 2.24. The molecule has 0 aliphatic carbocycles. The average molecular weight is 252 g/mol. The van der Waals surface area contributed by atoms with Crippen LogP contribution in [0.15, 0.2) is 42.7 Å². The standard InChI is InChI=1S/C11H10ClN3S/c12-9-4-3-8(15-5-1-2-6-15)7-10(9)14-11(13)16/h1-7H,(H3,13,14,16). The van der Waals surface area contributed by atoms with E-state index in [0.717, 1.165) is 5.69 Å². The molecule has 0 spiro atoms. The van der Waals surface area contributed by atoms with Gasteiger partial charge in [0.15, 0.2) is 5.11 Å². The second kappa shape index (κ2) is 4.55. The zero-order chi connectivity index (χ0) is 11.5. The first-order valence-electron chi connectivity index (χ1n) is 4.66. The van der Waals surface area contributed by atoms with E-state index in [-0.39, 0.29) is 5.11 Å². The molecule has 16 heavy (non-hydrogen) atoms. The molecule has 1 aromatic carbocycles. The normalized spacial score (nSPS) is 10.1. The minimum atomic E-state index is 0.201. The van der Waals surface area contributed by atoms with Gasteiger partial charge in [0.05, 0.1) is 10.7 Å². The van der Waals surface area contributed by atoms with Gasteiger partial charge >= 0.3 is 0 Å². The van der Waals surface area contributed by atoms with E-state index < -0.39 is 0 Å². The van der Waals surface area contributed by atoms with E-state index in [1.165, 1.54) is 0 Å². The topological polar surface area (TPSA) is 43.0 Å². The lowest BCUT2D eigenvalue weighted by molar-refractivity contribution is 1.08. The van der Waals surface area contributed by atoms with Crippen molar-refractivity contribution < 1.29 is 0 Å². The molecule has 0 unspecified atom stereocenters. The summed E-state index contributed by atoms with van der Waals surface area (Å²) in [6.45, 7) is 0. The van der Waals surface area contributed by atoms with E-state index in [1.54, 1.807) is 6.07 Å². The third kappa shape index (κ3) is 2.35. The first kappa shape index (κ1) is 11.0. The highest BCUT2D eigenvalue weighted by molar-refractivity contribution is 7.80. The van der Waals surface area contributed by atoms with Crippen LogP contribution in [0, 0.1) is 0 Å². The Morgan fingerprint density at radius 3 is 2.62 bits per heavy atom. The van der Waals surface area contributed by atoms with Gasteiger partial charge in [-0.05, 0) is 42.5 Å². The lowest BCUT2D eigenvalue weighted by atomic mass is 10.2. The number of nitrogens with zero attached hydrogens (tertiary/aromatic N) is 1. The Bertz CT molecular complexity index is 508. The summed E-state index contributed by atoms with van der Waals surface area (Å²) in [6, 6.07) is 9.52. The van der Waals surface area contributed by atoms with Crippen molar-refractivity contribution >= 4 is 34.6 Å². The first-order valence-corrected chi connectivity index (χ1v) is 5.45.